The van der Waals surface area contributed by atoms with E-state index >= 15 is 0 Å². The highest BCUT2D eigenvalue weighted by Crippen LogP contribution is 2.45. The number of sulfone groups is 1. The van der Waals surface area contributed by atoms with Crippen LogP contribution in [-0.2, 0) is 47.6 Å². The zero-order chi connectivity index (χ0) is 45.8. The van der Waals surface area contributed by atoms with Gasteiger partial charge in [-0.25, -0.2) is 43.8 Å². The van der Waals surface area contributed by atoms with E-state index in [4.69, 9.17) is 21.3 Å². The number of nitrogens with one attached hydrogen (secondary N) is 1. The molecule has 1 atom stereocenters. The first-order valence-corrected chi connectivity index (χ1v) is 23.8. The Morgan fingerprint density at radius 2 is 1.48 bits per heavy atom. The third-order valence-electron chi connectivity index (χ3n) is 8.93. The minimum absolute atomic E-state index is 0.0343. The molecule has 61 heavy (non-hydrogen) atoms. The van der Waals surface area contributed by atoms with E-state index in [2.05, 4.69) is 22.3 Å². The Labute approximate surface area is 354 Å². The van der Waals surface area contributed by atoms with Crippen molar-refractivity contribution in [1.82, 2.24) is 20.1 Å². The fourth-order valence-corrected chi connectivity index (χ4v) is 9.61. The Morgan fingerprint density at radius 3 is 2.00 bits per heavy atom. The van der Waals surface area contributed by atoms with Crippen molar-refractivity contribution in [2.75, 3.05) is 22.5 Å². The largest absolute Gasteiger partial charge is 0.444 e. The number of carbonyl (C=O) groups excluding carboxylic acids is 1. The van der Waals surface area contributed by atoms with Gasteiger partial charge in [0.05, 0.1) is 40.2 Å². The molecule has 0 aliphatic rings. The molecule has 0 unspecified atom stereocenters. The molecule has 3 aromatic carbocycles. The highest BCUT2D eigenvalue weighted by atomic mass is 35.5. The third kappa shape index (κ3) is 10.7. The molecule has 5 rings (SSSR count). The number of pyridine rings is 1. The molecule has 2 aromatic heterocycles. The number of alkyl carbamates (subject to hydrolysis) is 1. The van der Waals surface area contributed by atoms with E-state index in [1.54, 1.807) is 26.8 Å². The van der Waals surface area contributed by atoms with Gasteiger partial charge in [0.15, 0.2) is 15.7 Å². The second-order valence-corrected chi connectivity index (χ2v) is 22.5. The van der Waals surface area contributed by atoms with Crippen molar-refractivity contribution in [2.45, 2.75) is 70.2 Å². The number of hydrogen-bond acceptors (Lipinski definition) is 10. The topological polar surface area (TPSA) is 175 Å². The summed E-state index contributed by atoms with van der Waals surface area (Å²) in [7, 11) is -13.4. The number of amides is 1. The average molecular weight is 932 g/mol. The van der Waals surface area contributed by atoms with Crippen molar-refractivity contribution in [2.24, 2.45) is 0 Å². The molecule has 13 nitrogen and oxygen atoms in total. The Hall–Kier alpha value is -5.04. The predicted octanol–water partition coefficient (Wildman–Crippen LogP) is 7.45. The van der Waals surface area contributed by atoms with Crippen LogP contribution in [0.2, 0.25) is 5.02 Å². The number of sulfonamides is 2. The summed E-state index contributed by atoms with van der Waals surface area (Å²) < 4.78 is 154. The lowest BCUT2D eigenvalue weighted by Crippen LogP contribution is -2.36. The molecule has 0 bridgehead atoms. The monoisotopic (exact) mass is 931 g/mol. The Morgan fingerprint density at radius 1 is 0.902 bits per heavy atom. The summed E-state index contributed by atoms with van der Waals surface area (Å²) >= 11 is 6.61. The first kappa shape index (κ1) is 47.0. The van der Waals surface area contributed by atoms with Gasteiger partial charge < -0.3 is 10.1 Å². The highest BCUT2D eigenvalue weighted by Gasteiger charge is 2.38. The lowest BCUT2D eigenvalue weighted by molar-refractivity contribution is -0.141. The summed E-state index contributed by atoms with van der Waals surface area (Å²) in [5.74, 6) is 2.52. The van der Waals surface area contributed by atoms with Gasteiger partial charge in [-0.05, 0) is 76.1 Å². The summed E-state index contributed by atoms with van der Waals surface area (Å²) in [6.07, 6.45) is -4.59. The summed E-state index contributed by atoms with van der Waals surface area (Å²) in [5.41, 5.74) is -2.26. The molecular weight excluding hydrogens is 893 g/mol. The van der Waals surface area contributed by atoms with Crippen molar-refractivity contribution in [1.29, 1.82) is 0 Å². The fraction of sp³-hybridized carbons (Fsp3) is 0.359. The molecule has 328 valence electrons. The van der Waals surface area contributed by atoms with Crippen LogP contribution in [0.3, 0.4) is 0 Å². The Bertz CT molecular complexity index is 2940. The van der Waals surface area contributed by atoms with Crippen LogP contribution < -0.4 is 9.03 Å². The maximum atomic E-state index is 14.7. The second kappa shape index (κ2) is 16.3. The van der Waals surface area contributed by atoms with Gasteiger partial charge in [0.1, 0.15) is 34.2 Å². The number of ether oxygens (including phenoxy) is 1. The normalized spacial score (nSPS) is 13.5. The van der Waals surface area contributed by atoms with Crippen LogP contribution in [0.1, 0.15) is 57.6 Å². The average Bonchev–Trinajstić information content (AvgIpc) is 3.41. The molecule has 5 aromatic rings. The van der Waals surface area contributed by atoms with Crippen LogP contribution in [0.4, 0.5) is 32.6 Å². The number of rotatable bonds is 10. The summed E-state index contributed by atoms with van der Waals surface area (Å²) in [6, 6.07) is 9.58. The van der Waals surface area contributed by atoms with E-state index in [1.807, 2.05) is 0 Å². The van der Waals surface area contributed by atoms with Gasteiger partial charge in [-0.15, -0.1) is 3.71 Å². The van der Waals surface area contributed by atoms with Crippen molar-refractivity contribution in [3.63, 3.8) is 0 Å². The molecule has 22 heteroatoms. The summed E-state index contributed by atoms with van der Waals surface area (Å²) in [5, 5.41) is 5.93. The zero-order valence-electron chi connectivity index (χ0n) is 33.7. The van der Waals surface area contributed by atoms with Crippen LogP contribution in [0, 0.1) is 23.5 Å². The maximum Gasteiger partial charge on any atom is 0.408 e. The number of nitrogens with zero attached hydrogens (tertiary/aromatic N) is 4. The smallest absolute Gasteiger partial charge is 0.408 e. The summed E-state index contributed by atoms with van der Waals surface area (Å²) in [6.45, 7) is 5.46. The van der Waals surface area contributed by atoms with Crippen LogP contribution in [0.15, 0.2) is 54.6 Å². The van der Waals surface area contributed by atoms with E-state index in [0.717, 1.165) is 24.5 Å². The van der Waals surface area contributed by atoms with Gasteiger partial charge in [0.2, 0.25) is 20.0 Å². The number of carbonyl (C=O) groups is 1. The number of hydrogen-bond donors (Lipinski definition) is 1. The predicted molar refractivity (Wildman–Crippen MR) is 222 cm³/mol. The van der Waals surface area contributed by atoms with E-state index in [9.17, 15) is 52.0 Å². The number of aromatic nitrogens is 3. The minimum atomic E-state index is -5.05. The lowest BCUT2D eigenvalue weighted by atomic mass is 9.89. The Balaban J connectivity index is 2.05. The van der Waals surface area contributed by atoms with Crippen molar-refractivity contribution < 1.29 is 56.7 Å². The SMILES string of the molecule is CC(C)(C)OC(=O)N[C@@H](Cc1cc(F)cc(F)c1)c1nc(C#CC(C)(C)S(C)(=O)=O)c2ccccc2c1-c1ccc(Cl)c2c(N(S(C)(=O)=O)S(C)(=O)=O)nn(CC(F)(F)F)c12. The molecular formula is C39H39ClF5N5O8S3. The Kier molecular flexibility index (Phi) is 12.6. The number of halogens is 6. The highest BCUT2D eigenvalue weighted by molar-refractivity contribution is 8.09. The number of anilines is 1. The van der Waals surface area contributed by atoms with Gasteiger partial charge >= 0.3 is 12.3 Å². The molecule has 0 saturated heterocycles. The van der Waals surface area contributed by atoms with Gasteiger partial charge in [-0.2, -0.15) is 18.3 Å². The van der Waals surface area contributed by atoms with E-state index in [1.165, 1.54) is 38.1 Å². The molecule has 0 spiro atoms. The number of fused-ring (bicyclic) bond motifs is 2. The standard InChI is InChI=1S/C39H39ClF5N5O8S3/c1-37(2,3)58-36(51)47-30(19-22-17-23(41)20-24(42)18-22)33-31(26-12-10-9-11-25(26)29(46-33)15-16-38(4,5)59(6,52)53)27-13-14-28(40)32-34(27)49(21-39(43,44)45)48-35(32)50(60(7,54)55)61(8,56)57/h9-14,17-18,20,30H,19,21H2,1-8H3,(H,47,51)/t30-/m0/s1. The maximum absolute atomic E-state index is 14.7. The van der Waals surface area contributed by atoms with Gasteiger partial charge in [-0.1, -0.05) is 47.9 Å². The first-order valence-electron chi connectivity index (χ1n) is 17.8. The van der Waals surface area contributed by atoms with E-state index < -0.39 is 105 Å². The molecule has 1 amide bonds. The van der Waals surface area contributed by atoms with Gasteiger partial charge in [0.25, 0.3) is 0 Å². The van der Waals surface area contributed by atoms with Crippen LogP contribution in [0.25, 0.3) is 32.8 Å². The number of benzene rings is 3. The van der Waals surface area contributed by atoms with Gasteiger partial charge in [-0.3, -0.25) is 4.68 Å². The molecule has 2 heterocycles. The molecule has 0 radical (unpaired) electrons. The molecule has 0 aliphatic carbocycles. The summed E-state index contributed by atoms with van der Waals surface area (Å²) in [4.78, 5) is 18.4. The van der Waals surface area contributed by atoms with Crippen molar-refractivity contribution in [3.8, 4) is 23.0 Å². The van der Waals surface area contributed by atoms with Crippen molar-refractivity contribution in [3.05, 3.63) is 88.2 Å². The van der Waals surface area contributed by atoms with Crippen LogP contribution in [0.5, 0.6) is 0 Å². The van der Waals surface area contributed by atoms with E-state index in [-0.39, 0.29) is 42.6 Å². The molecule has 0 fully saturated rings. The molecule has 1 N–H and O–H groups in total. The van der Waals surface area contributed by atoms with Crippen LogP contribution in [-0.4, -0.2) is 81.4 Å². The first-order chi connectivity index (χ1) is 27.8. The molecule has 0 saturated carbocycles. The minimum Gasteiger partial charge on any atom is -0.444 e. The number of alkyl halides is 3. The van der Waals surface area contributed by atoms with Crippen molar-refractivity contribution >= 4 is 75.1 Å². The third-order valence-corrected chi connectivity index (χ3v) is 14.4. The lowest BCUT2D eigenvalue weighted by Gasteiger charge is -2.26. The van der Waals surface area contributed by atoms with Crippen LogP contribution >= 0.6 is 11.6 Å². The van der Waals surface area contributed by atoms with Gasteiger partial charge in [0, 0.05) is 28.8 Å². The molecule has 0 aliphatic heterocycles. The zero-order valence-corrected chi connectivity index (χ0v) is 36.9. The fourth-order valence-electron chi connectivity index (χ4n) is 6.28. The van der Waals surface area contributed by atoms with E-state index in [0.29, 0.717) is 23.3 Å². The second-order valence-electron chi connectivity index (χ2n) is 15.6. The quantitative estimate of drug-likeness (QED) is 0.109.